The third-order valence-electron chi connectivity index (χ3n) is 3.20. The third-order valence-corrected chi connectivity index (χ3v) is 3.20. The molecule has 1 aliphatic carbocycles. The van der Waals surface area contributed by atoms with Crippen LogP contribution in [0.25, 0.3) is 0 Å². The molecular weight excluding hydrogens is 238 g/mol. The molecule has 0 spiro atoms. The van der Waals surface area contributed by atoms with E-state index in [1.54, 1.807) is 0 Å². The highest BCUT2D eigenvalue weighted by atomic mass is 16.5. The van der Waals surface area contributed by atoms with Gasteiger partial charge in [-0.2, -0.15) is 0 Å². The summed E-state index contributed by atoms with van der Waals surface area (Å²) in [7, 11) is 1.24. The Morgan fingerprint density at radius 3 is 2.50 bits per heavy atom. The van der Waals surface area contributed by atoms with Crippen LogP contribution >= 0.6 is 0 Å². The predicted octanol–water partition coefficient (Wildman–Crippen LogP) is 0.699. The number of hydrogen-bond acceptors (Lipinski definition) is 4. The van der Waals surface area contributed by atoms with E-state index in [1.165, 1.54) is 7.11 Å². The molecule has 1 atom stereocenters. The van der Waals surface area contributed by atoms with Crippen molar-refractivity contribution in [1.29, 1.82) is 0 Å². The Kier molecular flexibility index (Phi) is 5.61. The number of carbonyl (C=O) groups is 3. The first kappa shape index (κ1) is 14.5. The minimum absolute atomic E-state index is 0.0167. The molecule has 0 radical (unpaired) electrons. The van der Waals surface area contributed by atoms with Crippen LogP contribution in [0.15, 0.2) is 0 Å². The number of ether oxygens (including phenoxy) is 1. The van der Waals surface area contributed by atoms with Crippen molar-refractivity contribution in [1.82, 2.24) is 5.32 Å². The summed E-state index contributed by atoms with van der Waals surface area (Å²) in [4.78, 5) is 33.5. The van der Waals surface area contributed by atoms with Crippen LogP contribution in [0.1, 0.15) is 38.5 Å². The highest BCUT2D eigenvalue weighted by molar-refractivity contribution is 5.84. The Morgan fingerprint density at radius 2 is 2.06 bits per heavy atom. The van der Waals surface area contributed by atoms with E-state index in [2.05, 4.69) is 10.1 Å². The lowest BCUT2D eigenvalue weighted by atomic mass is 9.83. The van der Waals surface area contributed by atoms with Gasteiger partial charge in [0.2, 0.25) is 5.91 Å². The first-order chi connectivity index (χ1) is 8.52. The summed E-state index contributed by atoms with van der Waals surface area (Å²) >= 11 is 0. The summed E-state index contributed by atoms with van der Waals surface area (Å²) in [6, 6.07) is -1.02. The molecule has 0 aromatic heterocycles. The molecule has 1 fully saturated rings. The zero-order chi connectivity index (χ0) is 13.5. The second-order valence-electron chi connectivity index (χ2n) is 4.57. The lowest BCUT2D eigenvalue weighted by molar-refractivity contribution is -0.144. The van der Waals surface area contributed by atoms with Gasteiger partial charge in [-0.3, -0.25) is 9.59 Å². The maximum Gasteiger partial charge on any atom is 0.326 e. The molecule has 0 unspecified atom stereocenters. The zero-order valence-electron chi connectivity index (χ0n) is 10.5. The molecule has 6 nitrogen and oxygen atoms in total. The summed E-state index contributed by atoms with van der Waals surface area (Å²) < 4.78 is 4.43. The maximum absolute atomic E-state index is 11.6. The van der Waals surface area contributed by atoms with Crippen LogP contribution < -0.4 is 5.32 Å². The van der Waals surface area contributed by atoms with Gasteiger partial charge in [-0.1, -0.05) is 6.42 Å². The number of amides is 1. The fraction of sp³-hybridized carbons (Fsp3) is 0.750. The van der Waals surface area contributed by atoms with Gasteiger partial charge in [0.15, 0.2) is 0 Å². The van der Waals surface area contributed by atoms with Crippen LogP contribution in [-0.2, 0) is 19.1 Å². The van der Waals surface area contributed by atoms with Gasteiger partial charge in [0.1, 0.15) is 6.04 Å². The number of methoxy groups -OCH3 is 1. The lowest BCUT2D eigenvalue weighted by Gasteiger charge is -2.25. The van der Waals surface area contributed by atoms with Crippen LogP contribution in [0, 0.1) is 5.92 Å². The summed E-state index contributed by atoms with van der Waals surface area (Å²) in [6.07, 6.45) is 3.63. The van der Waals surface area contributed by atoms with Crippen LogP contribution in [0.4, 0.5) is 0 Å². The number of carbonyl (C=O) groups excluding carboxylic acids is 2. The number of carboxylic acids is 1. The van der Waals surface area contributed by atoms with E-state index >= 15 is 0 Å². The quantitative estimate of drug-likeness (QED) is 0.655. The summed E-state index contributed by atoms with van der Waals surface area (Å²) in [6.45, 7) is 0. The van der Waals surface area contributed by atoms with Crippen LogP contribution in [0.2, 0.25) is 0 Å². The average molecular weight is 257 g/mol. The monoisotopic (exact) mass is 257 g/mol. The molecule has 2 N–H and O–H groups in total. The number of rotatable bonds is 7. The molecule has 0 saturated heterocycles. The number of esters is 1. The zero-order valence-corrected chi connectivity index (χ0v) is 10.5. The Hall–Kier alpha value is -1.59. The van der Waals surface area contributed by atoms with Gasteiger partial charge in [0.05, 0.1) is 7.11 Å². The van der Waals surface area contributed by atoms with Crippen molar-refractivity contribution in [3.05, 3.63) is 0 Å². The molecule has 18 heavy (non-hydrogen) atoms. The fourth-order valence-electron chi connectivity index (χ4n) is 1.83. The summed E-state index contributed by atoms with van der Waals surface area (Å²) in [5.41, 5.74) is 0. The first-order valence-corrected chi connectivity index (χ1v) is 6.12. The normalized spacial score (nSPS) is 16.5. The van der Waals surface area contributed by atoms with Crippen molar-refractivity contribution < 1.29 is 24.2 Å². The second kappa shape index (κ2) is 6.98. The summed E-state index contributed by atoms with van der Waals surface area (Å²) in [5.74, 6) is -1.47. The van der Waals surface area contributed by atoms with E-state index in [1.807, 2.05) is 0 Å². The molecule has 0 aromatic rings. The SMILES string of the molecule is COC(=O)CC[C@H](NC(=O)CC1CCC1)C(=O)O. The largest absolute Gasteiger partial charge is 0.480 e. The second-order valence-corrected chi connectivity index (χ2v) is 4.57. The highest BCUT2D eigenvalue weighted by Gasteiger charge is 2.25. The topological polar surface area (TPSA) is 92.7 Å². The number of aliphatic carboxylic acids is 1. The van der Waals surface area contributed by atoms with Crippen molar-refractivity contribution in [2.45, 2.75) is 44.6 Å². The standard InChI is InChI=1S/C12H19NO5/c1-18-11(15)6-5-9(12(16)17)13-10(14)7-8-3-2-4-8/h8-9H,2-7H2,1H3,(H,13,14)(H,16,17)/t9-/m0/s1. The van der Waals surface area contributed by atoms with E-state index in [4.69, 9.17) is 5.11 Å². The fourth-order valence-corrected chi connectivity index (χ4v) is 1.83. The Bertz CT molecular complexity index is 324. The molecular formula is C12H19NO5. The van der Waals surface area contributed by atoms with Gasteiger partial charge in [-0.05, 0) is 25.2 Å². The summed E-state index contributed by atoms with van der Waals surface area (Å²) in [5, 5.41) is 11.4. The smallest absolute Gasteiger partial charge is 0.326 e. The molecule has 1 aliphatic rings. The molecule has 1 rings (SSSR count). The number of hydrogen-bond donors (Lipinski definition) is 2. The van der Waals surface area contributed by atoms with Gasteiger partial charge in [0.25, 0.3) is 0 Å². The predicted molar refractivity (Wildman–Crippen MR) is 62.8 cm³/mol. The Balaban J connectivity index is 2.33. The van der Waals surface area contributed by atoms with Crippen molar-refractivity contribution >= 4 is 17.8 Å². The first-order valence-electron chi connectivity index (χ1n) is 6.12. The van der Waals surface area contributed by atoms with Crippen LogP contribution in [0.3, 0.4) is 0 Å². The molecule has 0 aliphatic heterocycles. The molecule has 0 aromatic carbocycles. The van der Waals surface area contributed by atoms with Crippen molar-refractivity contribution in [2.75, 3.05) is 7.11 Å². The Labute approximate surface area is 106 Å². The van der Waals surface area contributed by atoms with E-state index < -0.39 is 18.0 Å². The van der Waals surface area contributed by atoms with E-state index in [-0.39, 0.29) is 18.7 Å². The van der Waals surface area contributed by atoms with Gasteiger partial charge in [-0.15, -0.1) is 0 Å². The number of carboxylic acid groups (broad SMARTS) is 1. The van der Waals surface area contributed by atoms with Gasteiger partial charge >= 0.3 is 11.9 Å². The van der Waals surface area contributed by atoms with Gasteiger partial charge in [-0.25, -0.2) is 4.79 Å². The van der Waals surface area contributed by atoms with E-state index in [0.29, 0.717) is 12.3 Å². The van der Waals surface area contributed by atoms with Crippen LogP contribution in [0.5, 0.6) is 0 Å². The van der Waals surface area contributed by atoms with Gasteiger partial charge < -0.3 is 15.2 Å². The molecule has 6 heteroatoms. The average Bonchev–Trinajstić information content (AvgIpc) is 2.28. The highest BCUT2D eigenvalue weighted by Crippen LogP contribution is 2.29. The Morgan fingerprint density at radius 1 is 1.39 bits per heavy atom. The van der Waals surface area contributed by atoms with Crippen molar-refractivity contribution in [3.63, 3.8) is 0 Å². The molecule has 1 amide bonds. The van der Waals surface area contributed by atoms with Gasteiger partial charge in [0, 0.05) is 12.8 Å². The lowest BCUT2D eigenvalue weighted by Crippen LogP contribution is -2.42. The van der Waals surface area contributed by atoms with E-state index in [0.717, 1.165) is 19.3 Å². The number of nitrogens with one attached hydrogen (secondary N) is 1. The van der Waals surface area contributed by atoms with Crippen molar-refractivity contribution in [3.8, 4) is 0 Å². The van der Waals surface area contributed by atoms with Crippen LogP contribution in [-0.4, -0.2) is 36.1 Å². The van der Waals surface area contributed by atoms with E-state index in [9.17, 15) is 14.4 Å². The van der Waals surface area contributed by atoms with Crippen molar-refractivity contribution in [2.24, 2.45) is 5.92 Å². The minimum atomic E-state index is -1.12. The molecule has 1 saturated carbocycles. The molecule has 0 bridgehead atoms. The maximum atomic E-state index is 11.6. The third kappa shape index (κ3) is 4.73. The molecule has 0 heterocycles. The molecule has 102 valence electrons. The minimum Gasteiger partial charge on any atom is -0.480 e.